The summed E-state index contributed by atoms with van der Waals surface area (Å²) in [6.45, 7) is 4.43. The molecule has 3 N–H and O–H groups in total. The summed E-state index contributed by atoms with van der Waals surface area (Å²) in [7, 11) is 0. The lowest BCUT2D eigenvalue weighted by atomic mass is 10.1. The largest absolute Gasteiger partial charge is 0.493 e. The van der Waals surface area contributed by atoms with Gasteiger partial charge in [-0.2, -0.15) is 0 Å². The van der Waals surface area contributed by atoms with Gasteiger partial charge in [-0.05, 0) is 72.7 Å². The molecule has 2 amide bonds. The van der Waals surface area contributed by atoms with E-state index in [0.29, 0.717) is 42.3 Å². The molecule has 1 aromatic heterocycles. The van der Waals surface area contributed by atoms with Gasteiger partial charge in [-0.15, -0.1) is 0 Å². The molecular formula is C32H28FN5O4. The van der Waals surface area contributed by atoms with Crippen molar-refractivity contribution in [1.82, 2.24) is 9.97 Å². The fourth-order valence-corrected chi connectivity index (χ4v) is 4.16. The zero-order valence-corrected chi connectivity index (χ0v) is 22.6. The number of aromatic nitrogens is 2. The van der Waals surface area contributed by atoms with Crippen LogP contribution in [0.2, 0.25) is 0 Å². The molecule has 5 rings (SSSR count). The average Bonchev–Trinajstić information content (AvgIpc) is 3.00. The van der Waals surface area contributed by atoms with Gasteiger partial charge >= 0.3 is 0 Å². The van der Waals surface area contributed by atoms with E-state index >= 15 is 4.39 Å². The Hall–Kier alpha value is -5.35. The molecule has 1 aliphatic rings. The Morgan fingerprint density at radius 1 is 1.02 bits per heavy atom. The molecule has 42 heavy (non-hydrogen) atoms. The van der Waals surface area contributed by atoms with E-state index in [2.05, 4.69) is 32.5 Å². The third kappa shape index (κ3) is 7.23. The second kappa shape index (κ2) is 13.3. The lowest BCUT2D eigenvalue weighted by Gasteiger charge is -2.15. The molecule has 2 heterocycles. The van der Waals surface area contributed by atoms with E-state index in [0.717, 1.165) is 11.6 Å². The van der Waals surface area contributed by atoms with E-state index < -0.39 is 11.7 Å². The van der Waals surface area contributed by atoms with Crippen LogP contribution >= 0.6 is 0 Å². The Kier molecular flexibility index (Phi) is 8.95. The molecule has 0 saturated heterocycles. The normalized spacial score (nSPS) is 13.7. The lowest BCUT2D eigenvalue weighted by Crippen LogP contribution is -2.15. The fraction of sp³-hybridized carbons (Fsp3) is 0.125. The standard InChI is InChI=1S/C32H28FN5O4/c1-2-29(39)35-24-11-9-22(10-12-24)31(40)36-27-17-21-18-28(30(27)33)38-32-34-14-13-26(37-32)23-7-6-8-25(19-23)42-16-5-3-4-15-41-20-21/h2-4,6-14,17-19H,1,5,15-16,20H2,(H,35,39)(H,36,40)(H,34,37,38)/b4-3+. The summed E-state index contributed by atoms with van der Waals surface area (Å²) in [5, 5.41) is 8.21. The topological polar surface area (TPSA) is 114 Å². The van der Waals surface area contributed by atoms with Crippen LogP contribution < -0.4 is 20.7 Å². The fourth-order valence-electron chi connectivity index (χ4n) is 4.16. The molecule has 0 spiro atoms. The van der Waals surface area contributed by atoms with Crippen LogP contribution in [0, 0.1) is 5.82 Å². The number of amides is 2. The third-order valence-corrected chi connectivity index (χ3v) is 6.22. The smallest absolute Gasteiger partial charge is 0.255 e. The van der Waals surface area contributed by atoms with E-state index in [1.54, 1.807) is 30.5 Å². The summed E-state index contributed by atoms with van der Waals surface area (Å²) in [5.74, 6) is -0.710. The highest BCUT2D eigenvalue weighted by Crippen LogP contribution is 2.29. The Labute approximate surface area is 242 Å². The van der Waals surface area contributed by atoms with Crippen LogP contribution in [0.1, 0.15) is 22.3 Å². The first-order valence-corrected chi connectivity index (χ1v) is 13.2. The summed E-state index contributed by atoms with van der Waals surface area (Å²) in [6.07, 6.45) is 7.30. The molecule has 0 saturated carbocycles. The second-order valence-electron chi connectivity index (χ2n) is 9.27. The first-order chi connectivity index (χ1) is 20.5. The zero-order chi connectivity index (χ0) is 29.3. The molecule has 10 heteroatoms. The maximum absolute atomic E-state index is 15.8. The van der Waals surface area contributed by atoms with Gasteiger partial charge in [0.05, 0.1) is 36.9 Å². The molecule has 3 aromatic carbocycles. The van der Waals surface area contributed by atoms with E-state index in [9.17, 15) is 9.59 Å². The van der Waals surface area contributed by atoms with Gasteiger partial charge in [0.2, 0.25) is 11.9 Å². The molecular weight excluding hydrogens is 537 g/mol. The number of rotatable bonds is 4. The van der Waals surface area contributed by atoms with Crippen molar-refractivity contribution in [1.29, 1.82) is 0 Å². The minimum absolute atomic E-state index is 0.0430. The summed E-state index contributed by atoms with van der Waals surface area (Å²) in [6, 6.07) is 18.6. The molecule has 0 fully saturated rings. The summed E-state index contributed by atoms with van der Waals surface area (Å²) < 4.78 is 27.4. The monoisotopic (exact) mass is 565 g/mol. The molecule has 4 aromatic rings. The number of hydrogen-bond acceptors (Lipinski definition) is 7. The zero-order valence-electron chi connectivity index (χ0n) is 22.6. The van der Waals surface area contributed by atoms with Gasteiger partial charge in [0.15, 0.2) is 5.82 Å². The number of nitrogens with zero attached hydrogens (tertiary/aromatic N) is 2. The van der Waals surface area contributed by atoms with Crippen molar-refractivity contribution in [3.8, 4) is 17.0 Å². The first kappa shape index (κ1) is 28.2. The van der Waals surface area contributed by atoms with Gasteiger partial charge < -0.3 is 25.4 Å². The minimum Gasteiger partial charge on any atom is -0.493 e. The van der Waals surface area contributed by atoms with E-state index in [-0.39, 0.29) is 35.4 Å². The maximum Gasteiger partial charge on any atom is 0.255 e. The minimum atomic E-state index is -0.694. The Balaban J connectivity index is 1.44. The van der Waals surface area contributed by atoms with Gasteiger partial charge in [0.1, 0.15) is 5.75 Å². The number of benzene rings is 3. The number of fused-ring (bicyclic) bond motifs is 7. The highest BCUT2D eigenvalue weighted by Gasteiger charge is 2.17. The number of carbonyl (C=O) groups is 2. The lowest BCUT2D eigenvalue weighted by molar-refractivity contribution is -0.111. The molecule has 0 radical (unpaired) electrons. The number of ether oxygens (including phenoxy) is 2. The number of hydrogen-bond donors (Lipinski definition) is 3. The Morgan fingerprint density at radius 2 is 1.88 bits per heavy atom. The molecule has 1 aliphatic heterocycles. The SMILES string of the molecule is C=CC(=O)Nc1ccc(C(=O)Nc2cc3cc(c2F)Nc2nccc(n2)-c2cccc(c2)OCC/C=C/COC3)cc1. The number of carbonyl (C=O) groups excluding carboxylic acids is 2. The van der Waals surface area contributed by atoms with Crippen LogP contribution in [-0.4, -0.2) is 35.0 Å². The summed E-state index contributed by atoms with van der Waals surface area (Å²) in [4.78, 5) is 33.4. The molecule has 0 atom stereocenters. The van der Waals surface area contributed by atoms with Crippen molar-refractivity contribution in [3.63, 3.8) is 0 Å². The molecule has 0 aliphatic carbocycles. The molecule has 6 bridgehead atoms. The summed E-state index contributed by atoms with van der Waals surface area (Å²) >= 11 is 0. The van der Waals surface area contributed by atoms with Crippen molar-refractivity contribution in [2.45, 2.75) is 13.0 Å². The van der Waals surface area contributed by atoms with Gasteiger partial charge in [0.25, 0.3) is 5.91 Å². The van der Waals surface area contributed by atoms with Crippen LogP contribution in [0.3, 0.4) is 0 Å². The van der Waals surface area contributed by atoms with Crippen molar-refractivity contribution >= 4 is 34.8 Å². The first-order valence-electron chi connectivity index (χ1n) is 13.2. The van der Waals surface area contributed by atoms with Crippen LogP contribution in [0.4, 0.5) is 27.4 Å². The van der Waals surface area contributed by atoms with Crippen molar-refractivity contribution in [3.05, 3.63) is 115 Å². The Morgan fingerprint density at radius 3 is 2.71 bits per heavy atom. The van der Waals surface area contributed by atoms with Crippen LogP contribution in [-0.2, 0) is 16.1 Å². The highest BCUT2D eigenvalue weighted by atomic mass is 19.1. The van der Waals surface area contributed by atoms with Gasteiger partial charge in [-0.3, -0.25) is 9.59 Å². The molecule has 212 valence electrons. The number of halogens is 1. The highest BCUT2D eigenvalue weighted by molar-refractivity contribution is 6.05. The Bertz CT molecular complexity index is 1640. The number of nitrogens with one attached hydrogen (secondary N) is 3. The van der Waals surface area contributed by atoms with Crippen LogP contribution in [0.25, 0.3) is 11.3 Å². The second-order valence-corrected chi connectivity index (χ2v) is 9.27. The predicted octanol–water partition coefficient (Wildman–Crippen LogP) is 6.26. The third-order valence-electron chi connectivity index (χ3n) is 6.22. The van der Waals surface area contributed by atoms with E-state index in [1.807, 2.05) is 36.4 Å². The quantitative estimate of drug-likeness (QED) is 0.198. The molecule has 0 unspecified atom stereocenters. The molecule has 9 nitrogen and oxygen atoms in total. The van der Waals surface area contributed by atoms with Crippen molar-refractivity contribution in [2.24, 2.45) is 0 Å². The van der Waals surface area contributed by atoms with Crippen molar-refractivity contribution in [2.75, 3.05) is 29.2 Å². The van der Waals surface area contributed by atoms with E-state index in [1.165, 1.54) is 18.2 Å². The van der Waals surface area contributed by atoms with Crippen LogP contribution in [0.15, 0.2) is 97.7 Å². The predicted molar refractivity (Wildman–Crippen MR) is 159 cm³/mol. The summed E-state index contributed by atoms with van der Waals surface area (Å²) in [5.41, 5.74) is 2.86. The number of anilines is 4. The van der Waals surface area contributed by atoms with Gasteiger partial charge in [-0.1, -0.05) is 30.9 Å². The van der Waals surface area contributed by atoms with Crippen LogP contribution in [0.5, 0.6) is 5.75 Å². The van der Waals surface area contributed by atoms with Gasteiger partial charge in [-0.25, -0.2) is 14.4 Å². The van der Waals surface area contributed by atoms with E-state index in [4.69, 9.17) is 9.47 Å². The van der Waals surface area contributed by atoms with Gasteiger partial charge in [0, 0.05) is 23.0 Å². The average molecular weight is 566 g/mol. The van der Waals surface area contributed by atoms with Crippen molar-refractivity contribution < 1.29 is 23.5 Å². The maximum atomic E-state index is 15.8.